The lowest BCUT2D eigenvalue weighted by molar-refractivity contribution is -0.138. The molecule has 200 valence electrons. The minimum absolute atomic E-state index is 0.119. The Morgan fingerprint density at radius 2 is 1.27 bits per heavy atom. The number of nitriles is 2. The number of aliphatic imine (C=N–C) groups is 1. The van der Waals surface area contributed by atoms with Crippen molar-refractivity contribution in [2.75, 3.05) is 0 Å². The molecule has 3 aromatic rings. The van der Waals surface area contributed by atoms with Crippen LogP contribution in [0.3, 0.4) is 0 Å². The Hall–Kier alpha value is -5.00. The van der Waals surface area contributed by atoms with Gasteiger partial charge >= 0.3 is 12.1 Å². The molecule has 1 N–H and O–H groups in total. The van der Waals surface area contributed by atoms with Crippen LogP contribution in [0.25, 0.3) is 9.81 Å². The first-order valence-electron chi connectivity index (χ1n) is 11.5. The van der Waals surface area contributed by atoms with Gasteiger partial charge in [0.15, 0.2) is 0 Å². The summed E-state index contributed by atoms with van der Waals surface area (Å²) in [5.74, 6) is -1.81. The molecule has 40 heavy (non-hydrogen) atoms. The monoisotopic (exact) mass is 561 g/mol. The minimum Gasteiger partial charge on any atom is -0.478 e. The van der Waals surface area contributed by atoms with Crippen molar-refractivity contribution in [1.82, 2.24) is 0 Å². The summed E-state index contributed by atoms with van der Waals surface area (Å²) in [5, 5.41) is 29.5. The zero-order chi connectivity index (χ0) is 29.4. The van der Waals surface area contributed by atoms with E-state index < -0.39 is 65.5 Å². The lowest BCUT2D eigenvalue weighted by Crippen LogP contribution is -2.22. The van der Waals surface area contributed by atoms with Crippen LogP contribution in [0.2, 0.25) is 0 Å². The van der Waals surface area contributed by atoms with E-state index in [4.69, 9.17) is 0 Å². The fourth-order valence-corrected chi connectivity index (χ4v) is 6.11. The number of sulfone groups is 1. The van der Waals surface area contributed by atoms with Gasteiger partial charge in [0, 0.05) is 0 Å². The van der Waals surface area contributed by atoms with Crippen LogP contribution in [0.15, 0.2) is 82.9 Å². The number of carboxylic acids is 1. The Morgan fingerprint density at radius 3 is 1.65 bits per heavy atom. The number of nitrogens with zero attached hydrogens (tertiary/aromatic N) is 3. The molecule has 0 unspecified atom stereocenters. The summed E-state index contributed by atoms with van der Waals surface area (Å²) in [6.45, 7) is 3.55. The van der Waals surface area contributed by atoms with Gasteiger partial charge in [0.05, 0.1) is 37.8 Å². The maximum Gasteiger partial charge on any atom is 0.417 e. The third-order valence-corrected chi connectivity index (χ3v) is 8.05. The number of allylic oxidation sites excluding steroid dienone is 2. The molecule has 7 nitrogen and oxygen atoms in total. The van der Waals surface area contributed by atoms with Crippen LogP contribution in [-0.2, 0) is 16.0 Å². The van der Waals surface area contributed by atoms with E-state index in [0.29, 0.717) is 12.1 Å². The standard InChI is InChI=1S/C29H18F3N3O4S/c1-16-3-7-18(8-4-16)26-22(14-33)25(35-20-11-12-21(28(36)37)24(13-20)29(30,31)32)23(15-34)27(40(26,38)39)19-9-5-17(2)6-10-19/h3-13H,1-2H3,(H,36,37). The Bertz CT molecular complexity index is 1750. The fourth-order valence-electron chi connectivity index (χ4n) is 4.19. The molecule has 0 aromatic heterocycles. The van der Waals surface area contributed by atoms with Crippen molar-refractivity contribution in [2.45, 2.75) is 20.0 Å². The first-order valence-corrected chi connectivity index (χ1v) is 13.0. The second-order valence-corrected chi connectivity index (χ2v) is 10.7. The number of hydrogen-bond donors (Lipinski definition) is 1. The van der Waals surface area contributed by atoms with Crippen molar-refractivity contribution in [3.05, 3.63) is 111 Å². The van der Waals surface area contributed by atoms with Gasteiger partial charge in [-0.15, -0.1) is 0 Å². The number of hydrogen-bond acceptors (Lipinski definition) is 6. The van der Waals surface area contributed by atoms with Crippen LogP contribution >= 0.6 is 0 Å². The molecule has 0 fully saturated rings. The number of benzene rings is 3. The predicted molar refractivity (Wildman–Crippen MR) is 142 cm³/mol. The second kappa shape index (κ2) is 10.3. The highest BCUT2D eigenvalue weighted by molar-refractivity contribution is 8.09. The van der Waals surface area contributed by atoms with E-state index in [9.17, 15) is 42.0 Å². The molecule has 1 aliphatic rings. The summed E-state index contributed by atoms with van der Waals surface area (Å²) >= 11 is 0. The largest absolute Gasteiger partial charge is 0.478 e. The van der Waals surface area contributed by atoms with Gasteiger partial charge in [-0.1, -0.05) is 59.7 Å². The molecule has 0 bridgehead atoms. The molecular weight excluding hydrogens is 543 g/mol. The van der Waals surface area contributed by atoms with Crippen LogP contribution in [0.5, 0.6) is 0 Å². The predicted octanol–water partition coefficient (Wildman–Crippen LogP) is 6.39. The quantitative estimate of drug-likeness (QED) is 0.393. The number of aryl methyl sites for hydroxylation is 2. The van der Waals surface area contributed by atoms with Crippen molar-refractivity contribution >= 4 is 37.0 Å². The third kappa shape index (κ3) is 5.03. The molecule has 0 saturated carbocycles. The van der Waals surface area contributed by atoms with Crippen LogP contribution in [0.4, 0.5) is 18.9 Å². The first-order chi connectivity index (χ1) is 18.8. The SMILES string of the molecule is Cc1ccc(C2=C(C#N)C(=Nc3ccc(C(=O)O)c(C(F)(F)F)c3)C(C#N)=C(c3ccc(C)cc3)S2(=O)=O)cc1. The van der Waals surface area contributed by atoms with Crippen LogP contribution in [0.1, 0.15) is 38.2 Å². The molecule has 11 heteroatoms. The molecule has 0 saturated heterocycles. The fraction of sp³-hybridized carbons (Fsp3) is 0.103. The summed E-state index contributed by atoms with van der Waals surface area (Å²) in [6.07, 6.45) is -5.05. The van der Waals surface area contributed by atoms with E-state index in [1.165, 1.54) is 24.3 Å². The number of alkyl halides is 3. The topological polar surface area (TPSA) is 131 Å². The van der Waals surface area contributed by atoms with Crippen molar-refractivity contribution < 1.29 is 31.5 Å². The Labute approximate surface area is 227 Å². The van der Waals surface area contributed by atoms with E-state index in [-0.39, 0.29) is 11.1 Å². The van der Waals surface area contributed by atoms with Crippen LogP contribution < -0.4 is 0 Å². The van der Waals surface area contributed by atoms with Crippen molar-refractivity contribution in [3.63, 3.8) is 0 Å². The zero-order valence-corrected chi connectivity index (χ0v) is 21.7. The molecule has 0 amide bonds. The molecule has 0 spiro atoms. The summed E-state index contributed by atoms with van der Waals surface area (Å²) < 4.78 is 69.1. The van der Waals surface area contributed by atoms with Gasteiger partial charge in [-0.3, -0.25) is 0 Å². The molecular formula is C29H18F3N3O4S. The van der Waals surface area contributed by atoms with Gasteiger partial charge in [-0.2, -0.15) is 23.7 Å². The van der Waals surface area contributed by atoms with Crippen molar-refractivity contribution in [1.29, 1.82) is 10.5 Å². The molecule has 0 atom stereocenters. The average Bonchev–Trinajstić information content (AvgIpc) is 2.89. The smallest absolute Gasteiger partial charge is 0.417 e. The van der Waals surface area contributed by atoms with Crippen molar-refractivity contribution in [2.24, 2.45) is 4.99 Å². The minimum atomic E-state index is -5.05. The Morgan fingerprint density at radius 1 is 0.825 bits per heavy atom. The Balaban J connectivity index is 2.14. The highest BCUT2D eigenvalue weighted by Gasteiger charge is 2.41. The summed E-state index contributed by atoms with van der Waals surface area (Å²) in [7, 11) is -4.52. The average molecular weight is 562 g/mol. The third-order valence-electron chi connectivity index (χ3n) is 6.10. The van der Waals surface area contributed by atoms with E-state index >= 15 is 0 Å². The maximum atomic E-state index is 14.0. The zero-order valence-electron chi connectivity index (χ0n) is 20.9. The van der Waals surface area contributed by atoms with Gasteiger partial charge in [0.2, 0.25) is 9.84 Å². The van der Waals surface area contributed by atoms with Gasteiger partial charge in [0.1, 0.15) is 17.9 Å². The Kier molecular flexibility index (Phi) is 7.20. The summed E-state index contributed by atoms with van der Waals surface area (Å²) in [6, 6.07) is 18.1. The molecule has 3 aromatic carbocycles. The number of carboxylic acid groups (broad SMARTS) is 1. The number of halogens is 3. The molecule has 0 aliphatic carbocycles. The van der Waals surface area contributed by atoms with Gasteiger partial charge in [0.25, 0.3) is 0 Å². The van der Waals surface area contributed by atoms with E-state index in [1.54, 1.807) is 50.3 Å². The molecule has 0 radical (unpaired) electrons. The number of carbonyl (C=O) groups is 1. The lowest BCUT2D eigenvalue weighted by atomic mass is 9.97. The van der Waals surface area contributed by atoms with Crippen molar-refractivity contribution in [3.8, 4) is 12.1 Å². The summed E-state index contributed by atoms with van der Waals surface area (Å²) in [4.78, 5) is 14.6. The number of aromatic carboxylic acids is 1. The second-order valence-electron chi connectivity index (χ2n) is 8.86. The van der Waals surface area contributed by atoms with E-state index in [0.717, 1.165) is 17.2 Å². The highest BCUT2D eigenvalue weighted by Crippen LogP contribution is 2.43. The maximum absolute atomic E-state index is 14.0. The number of rotatable bonds is 4. The molecule has 4 rings (SSSR count). The van der Waals surface area contributed by atoms with E-state index in [2.05, 4.69) is 4.99 Å². The molecule has 1 aliphatic heterocycles. The van der Waals surface area contributed by atoms with E-state index in [1.807, 2.05) is 0 Å². The van der Waals surface area contributed by atoms with Crippen LogP contribution in [-0.4, -0.2) is 25.2 Å². The lowest BCUT2D eigenvalue weighted by Gasteiger charge is -2.23. The highest BCUT2D eigenvalue weighted by atomic mass is 32.2. The normalized spacial score (nSPS) is 14.9. The van der Waals surface area contributed by atoms with Gasteiger partial charge in [-0.05, 0) is 43.2 Å². The first kappa shape index (κ1) is 28.0. The summed E-state index contributed by atoms with van der Waals surface area (Å²) in [5.41, 5.74) is -2.63. The van der Waals surface area contributed by atoms with Gasteiger partial charge < -0.3 is 5.11 Å². The van der Waals surface area contributed by atoms with Gasteiger partial charge in [-0.25, -0.2) is 18.2 Å². The molecule has 1 heterocycles. The van der Waals surface area contributed by atoms with Crippen LogP contribution in [0, 0.1) is 36.5 Å².